The Hall–Kier alpha value is -1.53. The molecule has 0 saturated heterocycles. The number of hydrogen-bond acceptors (Lipinski definition) is 2. The Morgan fingerprint density at radius 3 is 2.83 bits per heavy atom. The molecule has 1 heterocycles. The first-order valence-electron chi connectivity index (χ1n) is 6.16. The Morgan fingerprint density at radius 2 is 2.28 bits per heavy atom. The normalized spacial score (nSPS) is 17.4. The zero-order chi connectivity index (χ0) is 12.8. The molecule has 1 aromatic heterocycles. The number of nitrogens with zero attached hydrogens (tertiary/aromatic N) is 3. The van der Waals surface area contributed by atoms with Crippen molar-refractivity contribution < 1.29 is 0 Å². The van der Waals surface area contributed by atoms with E-state index in [4.69, 9.17) is 16.9 Å². The van der Waals surface area contributed by atoms with Crippen LogP contribution >= 0.6 is 11.6 Å². The van der Waals surface area contributed by atoms with Crippen molar-refractivity contribution in [1.82, 2.24) is 9.55 Å². The van der Waals surface area contributed by atoms with Crippen molar-refractivity contribution in [3.8, 4) is 6.07 Å². The quantitative estimate of drug-likeness (QED) is 0.774. The summed E-state index contributed by atoms with van der Waals surface area (Å²) < 4.78 is 2.24. The van der Waals surface area contributed by atoms with Gasteiger partial charge in [0.05, 0.1) is 28.5 Å². The Labute approximate surface area is 111 Å². The van der Waals surface area contributed by atoms with Crippen molar-refractivity contribution >= 4 is 22.6 Å². The van der Waals surface area contributed by atoms with Crippen LogP contribution in [0.5, 0.6) is 0 Å². The van der Waals surface area contributed by atoms with Gasteiger partial charge in [-0.05, 0) is 44.4 Å². The summed E-state index contributed by atoms with van der Waals surface area (Å²) in [5.74, 6) is 1.32. The number of benzene rings is 1. The minimum Gasteiger partial charge on any atom is -0.321 e. The lowest BCUT2D eigenvalue weighted by Crippen LogP contribution is -2.38. The van der Waals surface area contributed by atoms with Crippen molar-refractivity contribution in [1.29, 1.82) is 5.26 Å². The third-order valence-electron chi connectivity index (χ3n) is 3.94. The van der Waals surface area contributed by atoms with Crippen LogP contribution < -0.4 is 0 Å². The average molecular weight is 260 g/mol. The minimum atomic E-state index is 0.118. The van der Waals surface area contributed by atoms with E-state index >= 15 is 0 Å². The first-order valence-corrected chi connectivity index (χ1v) is 6.69. The van der Waals surface area contributed by atoms with Gasteiger partial charge in [0.25, 0.3) is 0 Å². The van der Waals surface area contributed by atoms with Crippen molar-refractivity contribution in [3.05, 3.63) is 29.6 Å². The molecule has 0 bridgehead atoms. The summed E-state index contributed by atoms with van der Waals surface area (Å²) in [7, 11) is 0. The molecule has 4 heteroatoms. The van der Waals surface area contributed by atoms with Crippen molar-refractivity contribution in [2.75, 3.05) is 0 Å². The first kappa shape index (κ1) is 11.6. The predicted molar refractivity (Wildman–Crippen MR) is 71.5 cm³/mol. The van der Waals surface area contributed by atoms with Gasteiger partial charge in [-0.1, -0.05) is 0 Å². The van der Waals surface area contributed by atoms with Gasteiger partial charge in [-0.25, -0.2) is 4.98 Å². The smallest absolute Gasteiger partial charge is 0.125 e. The number of rotatable bonds is 2. The number of alkyl halides is 1. The van der Waals surface area contributed by atoms with E-state index in [0.717, 1.165) is 29.7 Å². The number of imidazole rings is 1. The summed E-state index contributed by atoms with van der Waals surface area (Å²) in [5, 5.41) is 9.02. The second-order valence-corrected chi connectivity index (χ2v) is 5.43. The largest absolute Gasteiger partial charge is 0.321 e. The van der Waals surface area contributed by atoms with Crippen LogP contribution in [0.4, 0.5) is 0 Å². The van der Waals surface area contributed by atoms with Crippen LogP contribution in [0.2, 0.25) is 0 Å². The summed E-state index contributed by atoms with van der Waals surface area (Å²) in [6, 6.07) is 7.82. The lowest BCUT2D eigenvalue weighted by Gasteiger charge is -2.41. The van der Waals surface area contributed by atoms with E-state index < -0.39 is 0 Å². The van der Waals surface area contributed by atoms with Crippen LogP contribution in [0, 0.1) is 11.3 Å². The molecule has 3 rings (SSSR count). The summed E-state index contributed by atoms with van der Waals surface area (Å²) in [5.41, 5.74) is 2.75. The third-order valence-corrected chi connectivity index (χ3v) is 4.18. The molecule has 0 unspecified atom stereocenters. The van der Waals surface area contributed by atoms with Gasteiger partial charge in [-0.2, -0.15) is 5.26 Å². The molecule has 1 aliphatic carbocycles. The second kappa shape index (κ2) is 4.00. The third kappa shape index (κ3) is 1.53. The lowest BCUT2D eigenvalue weighted by molar-refractivity contribution is 0.171. The van der Waals surface area contributed by atoms with Gasteiger partial charge in [0.2, 0.25) is 0 Å². The Balaban J connectivity index is 2.29. The monoisotopic (exact) mass is 259 g/mol. The van der Waals surface area contributed by atoms with Gasteiger partial charge in [-0.3, -0.25) is 0 Å². The minimum absolute atomic E-state index is 0.118. The summed E-state index contributed by atoms with van der Waals surface area (Å²) >= 11 is 6.02. The van der Waals surface area contributed by atoms with Crippen LogP contribution in [0.25, 0.3) is 11.0 Å². The van der Waals surface area contributed by atoms with Crippen LogP contribution in [0.3, 0.4) is 0 Å². The number of halogens is 1. The molecule has 18 heavy (non-hydrogen) atoms. The summed E-state index contributed by atoms with van der Waals surface area (Å²) in [4.78, 5) is 4.58. The molecule has 92 valence electrons. The molecule has 0 spiro atoms. The maximum Gasteiger partial charge on any atom is 0.125 e. The van der Waals surface area contributed by atoms with Gasteiger partial charge in [0.15, 0.2) is 0 Å². The Morgan fingerprint density at radius 1 is 1.50 bits per heavy atom. The fraction of sp³-hybridized carbons (Fsp3) is 0.429. The molecule has 1 saturated carbocycles. The van der Waals surface area contributed by atoms with E-state index in [-0.39, 0.29) is 5.54 Å². The fourth-order valence-corrected chi connectivity index (χ4v) is 2.98. The summed E-state index contributed by atoms with van der Waals surface area (Å²) in [6.45, 7) is 2.24. The van der Waals surface area contributed by atoms with E-state index in [0.29, 0.717) is 11.4 Å². The summed E-state index contributed by atoms with van der Waals surface area (Å²) in [6.07, 6.45) is 3.55. The van der Waals surface area contributed by atoms with Gasteiger partial charge in [0, 0.05) is 5.54 Å². The number of aromatic nitrogens is 2. The van der Waals surface area contributed by atoms with E-state index in [1.807, 2.05) is 12.1 Å². The number of hydrogen-bond donors (Lipinski definition) is 0. The molecule has 3 nitrogen and oxygen atoms in total. The Bertz CT molecular complexity index is 647. The second-order valence-electron chi connectivity index (χ2n) is 5.16. The first-order chi connectivity index (χ1) is 8.68. The zero-order valence-electron chi connectivity index (χ0n) is 10.3. The molecule has 0 atom stereocenters. The fourth-order valence-electron chi connectivity index (χ4n) is 2.80. The molecular formula is C14H14ClN3. The van der Waals surface area contributed by atoms with Gasteiger partial charge < -0.3 is 4.57 Å². The van der Waals surface area contributed by atoms with Crippen LogP contribution in [0.1, 0.15) is 37.6 Å². The van der Waals surface area contributed by atoms with Crippen molar-refractivity contribution in [2.45, 2.75) is 37.6 Å². The molecule has 2 aromatic rings. The van der Waals surface area contributed by atoms with Gasteiger partial charge in [-0.15, -0.1) is 11.6 Å². The van der Waals surface area contributed by atoms with Crippen LogP contribution in [-0.4, -0.2) is 9.55 Å². The zero-order valence-corrected chi connectivity index (χ0v) is 11.0. The van der Waals surface area contributed by atoms with E-state index in [1.165, 1.54) is 6.42 Å². The molecule has 0 radical (unpaired) electrons. The molecule has 0 amide bonds. The maximum absolute atomic E-state index is 9.02. The number of fused-ring (bicyclic) bond motifs is 1. The van der Waals surface area contributed by atoms with Gasteiger partial charge in [0.1, 0.15) is 5.82 Å². The standard InChI is InChI=1S/C14H14ClN3/c1-14(5-2-6-14)18-12-7-10(9-16)3-4-11(12)17-13(18)8-15/h3-4,7H,2,5-6,8H2,1H3. The molecule has 0 aliphatic heterocycles. The highest BCUT2D eigenvalue weighted by atomic mass is 35.5. The van der Waals surface area contributed by atoms with Crippen molar-refractivity contribution in [3.63, 3.8) is 0 Å². The average Bonchev–Trinajstić information content (AvgIpc) is 2.73. The van der Waals surface area contributed by atoms with E-state index in [2.05, 4.69) is 22.5 Å². The molecule has 1 aromatic carbocycles. The highest BCUT2D eigenvalue weighted by molar-refractivity contribution is 6.16. The highest BCUT2D eigenvalue weighted by Gasteiger charge is 2.36. The van der Waals surface area contributed by atoms with Crippen LogP contribution in [-0.2, 0) is 11.4 Å². The van der Waals surface area contributed by atoms with Crippen LogP contribution in [0.15, 0.2) is 18.2 Å². The molecule has 0 N–H and O–H groups in total. The SMILES string of the molecule is CC1(n2c(CCl)nc3ccc(C#N)cc32)CCC1. The van der Waals surface area contributed by atoms with Gasteiger partial charge >= 0.3 is 0 Å². The Kier molecular flexibility index (Phi) is 2.57. The molecular weight excluding hydrogens is 246 g/mol. The van der Waals surface area contributed by atoms with Crippen molar-refractivity contribution in [2.24, 2.45) is 0 Å². The topological polar surface area (TPSA) is 41.6 Å². The predicted octanol–water partition coefficient (Wildman–Crippen LogP) is 3.55. The maximum atomic E-state index is 9.02. The van der Waals surface area contributed by atoms with E-state index in [9.17, 15) is 0 Å². The lowest BCUT2D eigenvalue weighted by atomic mass is 9.78. The molecule has 1 fully saturated rings. The number of nitriles is 1. The highest BCUT2D eigenvalue weighted by Crippen LogP contribution is 2.42. The molecule has 1 aliphatic rings. The van der Waals surface area contributed by atoms with E-state index in [1.54, 1.807) is 6.07 Å².